The van der Waals surface area contributed by atoms with Crippen molar-refractivity contribution >= 4 is 114 Å². The van der Waals surface area contributed by atoms with Gasteiger partial charge in [0.25, 0.3) is 6.71 Å². The Morgan fingerprint density at radius 1 is 0.382 bits per heavy atom. The normalized spacial score (nSPS) is 13.1. The first-order chi connectivity index (χ1) is 33.7. The Labute approximate surface area is 398 Å². The molecule has 4 aliphatic rings. The molecule has 0 fully saturated rings. The lowest BCUT2D eigenvalue weighted by Gasteiger charge is -2.38. The van der Waals surface area contributed by atoms with Crippen LogP contribution >= 0.6 is 11.8 Å². The van der Waals surface area contributed by atoms with E-state index in [1.165, 1.54) is 37.4 Å². The highest BCUT2D eigenvalue weighted by Gasteiger charge is 2.46. The van der Waals surface area contributed by atoms with Crippen molar-refractivity contribution in [3.8, 4) is 28.7 Å². The molecule has 4 aliphatic heterocycles. The Morgan fingerprint density at radius 3 is 1.57 bits per heavy atom. The van der Waals surface area contributed by atoms with E-state index in [4.69, 9.17) is 9.47 Å². The molecule has 0 radical (unpaired) electrons. The summed E-state index contributed by atoms with van der Waals surface area (Å²) >= 11 is 1.89. The Hall–Kier alpha value is -8.32. The zero-order valence-corrected chi connectivity index (χ0v) is 37.4. The highest BCUT2D eigenvalue weighted by Crippen LogP contribution is 2.48. The Bertz CT molecular complexity index is 3790. The van der Waals surface area contributed by atoms with Gasteiger partial charge in [-0.2, -0.15) is 0 Å². The second kappa shape index (κ2) is 14.6. The summed E-state index contributed by atoms with van der Waals surface area (Å²) in [5.41, 5.74) is 17.2. The van der Waals surface area contributed by atoms with Gasteiger partial charge in [-0.1, -0.05) is 151 Å². The molecule has 10 aromatic carbocycles. The van der Waals surface area contributed by atoms with Crippen molar-refractivity contribution in [1.82, 2.24) is 4.57 Å². The molecule has 0 spiro atoms. The van der Waals surface area contributed by atoms with Crippen LogP contribution in [0, 0.1) is 0 Å². The Morgan fingerprint density at radius 2 is 0.912 bits per heavy atom. The molecule has 0 amide bonds. The van der Waals surface area contributed by atoms with Crippen molar-refractivity contribution in [3.63, 3.8) is 0 Å². The van der Waals surface area contributed by atoms with Crippen molar-refractivity contribution in [2.24, 2.45) is 0 Å². The van der Waals surface area contributed by atoms with Crippen molar-refractivity contribution in [1.29, 1.82) is 0 Å². The van der Waals surface area contributed by atoms with Gasteiger partial charge in [0, 0.05) is 72.3 Å². The average Bonchev–Trinajstić information content (AvgIpc) is 3.75. The monoisotopic (exact) mass is 885 g/mol. The van der Waals surface area contributed by atoms with Crippen LogP contribution in [0.15, 0.2) is 234 Å². The summed E-state index contributed by atoms with van der Waals surface area (Å²) in [5, 5.41) is 2.30. The lowest BCUT2D eigenvalue weighted by molar-refractivity contribution is 0.467. The van der Waals surface area contributed by atoms with Crippen molar-refractivity contribution in [2.45, 2.75) is 9.79 Å². The van der Waals surface area contributed by atoms with Crippen LogP contribution in [-0.2, 0) is 0 Å². The van der Waals surface area contributed by atoms with Crippen molar-refractivity contribution in [2.75, 3.05) is 9.80 Å². The van der Waals surface area contributed by atoms with E-state index >= 15 is 0 Å². The van der Waals surface area contributed by atoms with Crippen molar-refractivity contribution in [3.05, 3.63) is 224 Å². The highest BCUT2D eigenvalue weighted by molar-refractivity contribution is 8.00. The lowest BCUT2D eigenvalue weighted by atomic mass is 9.31. The molecule has 316 valence electrons. The third-order valence-corrected chi connectivity index (χ3v) is 15.4. The number of benzene rings is 10. The number of hydrogen-bond donors (Lipinski definition) is 0. The second-order valence-electron chi connectivity index (χ2n) is 18.0. The molecular weight excluding hydrogens is 848 g/mol. The van der Waals surface area contributed by atoms with Crippen LogP contribution in [0.4, 0.5) is 34.1 Å². The predicted molar refractivity (Wildman–Crippen MR) is 283 cm³/mol. The predicted octanol–water partition coefficient (Wildman–Crippen LogP) is 11.7. The number of nitrogens with zero attached hydrogens (tertiary/aromatic N) is 3. The maximum atomic E-state index is 7.57. The molecule has 0 saturated carbocycles. The van der Waals surface area contributed by atoms with Gasteiger partial charge in [-0.3, -0.25) is 0 Å². The van der Waals surface area contributed by atoms with Crippen LogP contribution in [0.25, 0.3) is 27.5 Å². The van der Waals surface area contributed by atoms with Crippen molar-refractivity contribution < 1.29 is 9.47 Å². The number of hydrogen-bond acceptors (Lipinski definition) is 5. The molecule has 0 aliphatic carbocycles. The minimum atomic E-state index is -0.130. The van der Waals surface area contributed by atoms with Crippen LogP contribution in [0.3, 0.4) is 0 Å². The first-order valence-electron chi connectivity index (χ1n) is 23.2. The molecule has 1 aromatic heterocycles. The SMILES string of the molecule is c1ccc(N(c2ccccc2)c2cc3c4c(c2)Oc2c(cc5c6c2c2ccccc2n6-c2cc(N(c6ccccc6)c6ccccc6)cc6c2B5c2ccccc2S6)B4c2ccccc2O3)cc1. The van der Waals surface area contributed by atoms with Gasteiger partial charge in [-0.05, 0) is 101 Å². The molecule has 0 saturated heterocycles. The fraction of sp³-hybridized carbons (Fsp3) is 0. The largest absolute Gasteiger partial charge is 0.458 e. The van der Waals surface area contributed by atoms with E-state index in [9.17, 15) is 0 Å². The van der Waals surface area contributed by atoms with Gasteiger partial charge in [0.1, 0.15) is 23.0 Å². The molecule has 0 bridgehead atoms. The first kappa shape index (κ1) is 37.9. The maximum Gasteiger partial charge on any atom is 0.260 e. The van der Waals surface area contributed by atoms with E-state index in [2.05, 4.69) is 239 Å². The van der Waals surface area contributed by atoms with Gasteiger partial charge in [0.05, 0.1) is 16.7 Å². The maximum absolute atomic E-state index is 7.57. The van der Waals surface area contributed by atoms with E-state index in [1.54, 1.807) is 0 Å². The highest BCUT2D eigenvalue weighted by atomic mass is 32.2. The van der Waals surface area contributed by atoms with Gasteiger partial charge < -0.3 is 23.8 Å². The third-order valence-electron chi connectivity index (χ3n) is 14.3. The number of anilines is 6. The van der Waals surface area contributed by atoms with Gasteiger partial charge in [0.2, 0.25) is 6.71 Å². The molecule has 11 aromatic rings. The molecule has 8 heteroatoms. The van der Waals surface area contributed by atoms with Crippen LogP contribution in [0.1, 0.15) is 0 Å². The van der Waals surface area contributed by atoms with E-state index in [-0.39, 0.29) is 13.4 Å². The van der Waals surface area contributed by atoms with Crippen LogP contribution in [-0.4, -0.2) is 18.0 Å². The molecule has 0 atom stereocenters. The number of rotatable bonds is 6. The summed E-state index contributed by atoms with van der Waals surface area (Å²) in [7, 11) is 0. The number of ether oxygens (including phenoxy) is 2. The third kappa shape index (κ3) is 5.43. The molecule has 5 nitrogen and oxygen atoms in total. The Balaban J connectivity index is 1.03. The second-order valence-corrected chi connectivity index (χ2v) is 19.0. The van der Waals surface area contributed by atoms with Crippen LogP contribution < -0.4 is 52.1 Å². The van der Waals surface area contributed by atoms with Gasteiger partial charge >= 0.3 is 0 Å². The summed E-state index contributed by atoms with van der Waals surface area (Å²) in [6, 6.07) is 80.9. The minimum absolute atomic E-state index is 0.0124. The van der Waals surface area contributed by atoms with E-state index in [0.717, 1.165) is 89.8 Å². The first-order valence-corrected chi connectivity index (χ1v) is 24.0. The zero-order chi connectivity index (χ0) is 44.5. The molecule has 5 heterocycles. The Kier molecular flexibility index (Phi) is 8.12. The van der Waals surface area contributed by atoms with E-state index in [1.807, 2.05) is 11.8 Å². The summed E-state index contributed by atoms with van der Waals surface area (Å²) in [4.78, 5) is 7.23. The summed E-state index contributed by atoms with van der Waals surface area (Å²) in [5.74, 6) is 3.37. The van der Waals surface area contributed by atoms with E-state index < -0.39 is 0 Å². The quantitative estimate of drug-likeness (QED) is 0.155. The van der Waals surface area contributed by atoms with Gasteiger partial charge in [-0.15, -0.1) is 0 Å². The number of para-hydroxylation sites is 6. The van der Waals surface area contributed by atoms with Crippen LogP contribution in [0.5, 0.6) is 23.0 Å². The van der Waals surface area contributed by atoms with Gasteiger partial charge in [-0.25, -0.2) is 0 Å². The molecule has 0 unspecified atom stereocenters. The fourth-order valence-electron chi connectivity index (χ4n) is 11.6. The fourth-order valence-corrected chi connectivity index (χ4v) is 12.8. The standard InChI is InChI=1S/C60H37B2N3O2S/c1-5-19-38(20-6-1)63(39-21-7-2-8-22-39)42-33-50-57-55(36-42)68-54-32-18-15-29-46(54)62(57)47-37-48-60(56-44-27-13-16-30-49(44)65(50)59(47)56)67-53-35-43(34-52-58(53)61(48)45-28-14-17-31-51(45)66-52)64(40-23-9-3-10-24-40)41-25-11-4-12-26-41/h1-37H. The molecular formula is C60H37B2N3O2S. The lowest BCUT2D eigenvalue weighted by Crippen LogP contribution is -2.62. The summed E-state index contributed by atoms with van der Waals surface area (Å²) in [6.45, 7) is -0.143. The molecule has 0 N–H and O–H groups in total. The summed E-state index contributed by atoms with van der Waals surface area (Å²) in [6.07, 6.45) is 0. The number of fused-ring (bicyclic) bond motifs is 12. The smallest absolute Gasteiger partial charge is 0.260 e. The van der Waals surface area contributed by atoms with Gasteiger partial charge in [0.15, 0.2) is 0 Å². The summed E-state index contributed by atoms with van der Waals surface area (Å²) < 4.78 is 17.1. The molecule has 15 rings (SSSR count). The van der Waals surface area contributed by atoms with Crippen LogP contribution in [0.2, 0.25) is 0 Å². The number of aromatic nitrogens is 1. The average molecular weight is 886 g/mol. The zero-order valence-electron chi connectivity index (χ0n) is 36.6. The topological polar surface area (TPSA) is 29.9 Å². The minimum Gasteiger partial charge on any atom is -0.458 e. The van der Waals surface area contributed by atoms with E-state index in [0.29, 0.717) is 0 Å². The molecule has 68 heavy (non-hydrogen) atoms.